The fourth-order valence-corrected chi connectivity index (χ4v) is 2.20. The van der Waals surface area contributed by atoms with Gasteiger partial charge in [0.2, 0.25) is 0 Å². The maximum atomic E-state index is 6.17. The van der Waals surface area contributed by atoms with Gasteiger partial charge in [-0.15, -0.1) is 0 Å². The SMILES string of the molecule is CCC(N)C(Oc1ccc(C(C)(C)C)cc1)c1ccco1. The lowest BCUT2D eigenvalue weighted by Crippen LogP contribution is -2.31. The summed E-state index contributed by atoms with van der Waals surface area (Å²) in [4.78, 5) is 0. The van der Waals surface area contributed by atoms with E-state index in [1.807, 2.05) is 31.2 Å². The number of hydrogen-bond donors (Lipinski definition) is 1. The summed E-state index contributed by atoms with van der Waals surface area (Å²) in [5, 5.41) is 0. The molecule has 2 aromatic rings. The summed E-state index contributed by atoms with van der Waals surface area (Å²) in [6.07, 6.45) is 2.22. The van der Waals surface area contributed by atoms with Crippen LogP contribution in [0.1, 0.15) is 51.5 Å². The Morgan fingerprint density at radius 3 is 2.29 bits per heavy atom. The van der Waals surface area contributed by atoms with Crippen molar-refractivity contribution in [3.05, 3.63) is 54.0 Å². The van der Waals surface area contributed by atoms with E-state index < -0.39 is 0 Å². The van der Waals surface area contributed by atoms with E-state index in [9.17, 15) is 0 Å². The summed E-state index contributed by atoms with van der Waals surface area (Å²) in [7, 11) is 0. The molecule has 3 nitrogen and oxygen atoms in total. The quantitative estimate of drug-likeness (QED) is 0.884. The van der Waals surface area contributed by atoms with Crippen LogP contribution in [0.3, 0.4) is 0 Å². The van der Waals surface area contributed by atoms with Gasteiger partial charge in [-0.25, -0.2) is 0 Å². The van der Waals surface area contributed by atoms with Crippen LogP contribution < -0.4 is 10.5 Å². The monoisotopic (exact) mass is 287 g/mol. The van der Waals surface area contributed by atoms with E-state index >= 15 is 0 Å². The standard InChI is InChI=1S/C18H25NO2/c1-5-15(19)17(16-7-6-12-20-16)21-14-10-8-13(9-11-14)18(2,3)4/h6-12,15,17H,5,19H2,1-4H3. The van der Waals surface area contributed by atoms with E-state index in [4.69, 9.17) is 14.9 Å². The van der Waals surface area contributed by atoms with E-state index in [0.29, 0.717) is 0 Å². The van der Waals surface area contributed by atoms with Crippen LogP contribution in [0.25, 0.3) is 0 Å². The molecule has 114 valence electrons. The predicted octanol–water partition coefficient (Wildman–Crippen LogP) is 4.43. The van der Waals surface area contributed by atoms with Crippen LogP contribution >= 0.6 is 0 Å². The van der Waals surface area contributed by atoms with Gasteiger partial charge < -0.3 is 14.9 Å². The first-order valence-corrected chi connectivity index (χ1v) is 7.48. The predicted molar refractivity (Wildman–Crippen MR) is 85.5 cm³/mol. The number of rotatable bonds is 5. The molecule has 0 aliphatic rings. The molecule has 0 aliphatic heterocycles. The summed E-state index contributed by atoms with van der Waals surface area (Å²) >= 11 is 0. The maximum absolute atomic E-state index is 6.17. The van der Waals surface area contributed by atoms with Crippen molar-refractivity contribution in [2.45, 2.75) is 51.7 Å². The van der Waals surface area contributed by atoms with Crippen molar-refractivity contribution >= 4 is 0 Å². The zero-order chi connectivity index (χ0) is 15.5. The summed E-state index contributed by atoms with van der Waals surface area (Å²) in [6, 6.07) is 11.9. The lowest BCUT2D eigenvalue weighted by atomic mass is 9.87. The van der Waals surface area contributed by atoms with E-state index in [0.717, 1.165) is 17.9 Å². The summed E-state index contributed by atoms with van der Waals surface area (Å²) < 4.78 is 11.5. The first kappa shape index (κ1) is 15.6. The third-order valence-corrected chi connectivity index (χ3v) is 3.67. The average Bonchev–Trinajstić information content (AvgIpc) is 2.97. The van der Waals surface area contributed by atoms with Gasteiger partial charge in [0.05, 0.1) is 6.26 Å². The van der Waals surface area contributed by atoms with Gasteiger partial charge in [-0.1, -0.05) is 39.8 Å². The molecule has 0 radical (unpaired) electrons. The third kappa shape index (κ3) is 3.88. The van der Waals surface area contributed by atoms with Crippen LogP contribution in [0.4, 0.5) is 0 Å². The van der Waals surface area contributed by atoms with Crippen LogP contribution in [0.2, 0.25) is 0 Å². The number of hydrogen-bond acceptors (Lipinski definition) is 3. The molecular weight excluding hydrogens is 262 g/mol. The topological polar surface area (TPSA) is 48.4 Å². The van der Waals surface area contributed by atoms with Crippen LogP contribution in [-0.4, -0.2) is 6.04 Å². The molecule has 1 aromatic heterocycles. The van der Waals surface area contributed by atoms with Crippen molar-refractivity contribution in [1.29, 1.82) is 0 Å². The van der Waals surface area contributed by atoms with Gasteiger partial charge in [-0.2, -0.15) is 0 Å². The molecule has 2 atom stereocenters. The van der Waals surface area contributed by atoms with Crippen LogP contribution in [0, 0.1) is 0 Å². The molecule has 1 heterocycles. The average molecular weight is 287 g/mol. The maximum Gasteiger partial charge on any atom is 0.171 e. The van der Waals surface area contributed by atoms with Crippen LogP contribution in [0.5, 0.6) is 5.75 Å². The van der Waals surface area contributed by atoms with Crippen molar-refractivity contribution in [2.24, 2.45) is 5.73 Å². The smallest absolute Gasteiger partial charge is 0.171 e. The molecule has 3 heteroatoms. The minimum Gasteiger partial charge on any atom is -0.481 e. The number of benzene rings is 1. The Labute approximate surface area is 127 Å². The first-order valence-electron chi connectivity index (χ1n) is 7.48. The van der Waals surface area contributed by atoms with Crippen molar-refractivity contribution < 1.29 is 9.15 Å². The van der Waals surface area contributed by atoms with Crippen molar-refractivity contribution in [1.82, 2.24) is 0 Å². The number of nitrogens with two attached hydrogens (primary N) is 1. The molecule has 0 aliphatic carbocycles. The lowest BCUT2D eigenvalue weighted by Gasteiger charge is -2.23. The molecule has 21 heavy (non-hydrogen) atoms. The second-order valence-electron chi connectivity index (χ2n) is 6.40. The third-order valence-electron chi connectivity index (χ3n) is 3.67. The Balaban J connectivity index is 2.17. The van der Waals surface area contributed by atoms with E-state index in [2.05, 4.69) is 32.9 Å². The van der Waals surface area contributed by atoms with Gasteiger partial charge in [0, 0.05) is 6.04 Å². The molecule has 0 bridgehead atoms. The van der Waals surface area contributed by atoms with Gasteiger partial charge in [-0.05, 0) is 41.7 Å². The first-order chi connectivity index (χ1) is 9.91. The van der Waals surface area contributed by atoms with Crippen molar-refractivity contribution in [2.75, 3.05) is 0 Å². The Morgan fingerprint density at radius 1 is 1.14 bits per heavy atom. The molecule has 0 amide bonds. The highest BCUT2D eigenvalue weighted by Crippen LogP contribution is 2.28. The highest BCUT2D eigenvalue weighted by molar-refractivity contribution is 5.31. The largest absolute Gasteiger partial charge is 0.481 e. The van der Waals surface area contributed by atoms with Crippen LogP contribution in [-0.2, 0) is 5.41 Å². The molecule has 2 unspecified atom stereocenters. The Bertz CT molecular complexity index is 538. The zero-order valence-corrected chi connectivity index (χ0v) is 13.3. The summed E-state index contributed by atoms with van der Waals surface area (Å²) in [6.45, 7) is 8.64. The van der Waals surface area contributed by atoms with Gasteiger partial charge in [0.25, 0.3) is 0 Å². The highest BCUT2D eigenvalue weighted by atomic mass is 16.5. The van der Waals surface area contributed by atoms with E-state index in [1.54, 1.807) is 6.26 Å². The van der Waals surface area contributed by atoms with Crippen LogP contribution in [0.15, 0.2) is 47.1 Å². The zero-order valence-electron chi connectivity index (χ0n) is 13.3. The van der Waals surface area contributed by atoms with Gasteiger partial charge in [0.1, 0.15) is 11.5 Å². The molecule has 2 rings (SSSR count). The highest BCUT2D eigenvalue weighted by Gasteiger charge is 2.23. The Kier molecular flexibility index (Phi) is 4.73. The summed E-state index contributed by atoms with van der Waals surface area (Å²) in [5.41, 5.74) is 7.59. The normalized spacial score (nSPS) is 14.7. The molecule has 0 saturated heterocycles. The van der Waals surface area contributed by atoms with Gasteiger partial charge >= 0.3 is 0 Å². The van der Waals surface area contributed by atoms with Crippen molar-refractivity contribution in [3.63, 3.8) is 0 Å². The Morgan fingerprint density at radius 2 is 1.81 bits per heavy atom. The molecule has 0 spiro atoms. The van der Waals surface area contributed by atoms with E-state index in [-0.39, 0.29) is 17.6 Å². The fourth-order valence-electron chi connectivity index (χ4n) is 2.20. The van der Waals surface area contributed by atoms with E-state index in [1.165, 1.54) is 5.56 Å². The van der Waals surface area contributed by atoms with Crippen molar-refractivity contribution in [3.8, 4) is 5.75 Å². The molecule has 0 fully saturated rings. The number of furan rings is 1. The minimum atomic E-state index is -0.259. The van der Waals surface area contributed by atoms with Gasteiger partial charge in [-0.3, -0.25) is 0 Å². The fraction of sp³-hybridized carbons (Fsp3) is 0.444. The number of ether oxygens (including phenoxy) is 1. The molecule has 1 aromatic carbocycles. The van der Waals surface area contributed by atoms with Gasteiger partial charge in [0.15, 0.2) is 6.10 Å². The second-order valence-corrected chi connectivity index (χ2v) is 6.40. The summed E-state index contributed by atoms with van der Waals surface area (Å²) in [5.74, 6) is 1.58. The lowest BCUT2D eigenvalue weighted by molar-refractivity contribution is 0.144. The molecule has 0 saturated carbocycles. The minimum absolute atomic E-state index is 0.0987. The molecule has 2 N–H and O–H groups in total. The Hall–Kier alpha value is -1.74. The second kappa shape index (κ2) is 6.35. The molecular formula is C18H25NO2.